The molecule has 0 saturated heterocycles. The number of benzene rings is 2. The number of fused-ring (bicyclic) bond motifs is 1. The van der Waals surface area contributed by atoms with Crippen LogP contribution in [0.2, 0.25) is 0 Å². The van der Waals surface area contributed by atoms with E-state index in [2.05, 4.69) is 5.32 Å². The molecule has 0 aliphatic carbocycles. The molecule has 9 heteroatoms. The molecule has 1 N–H and O–H groups in total. The quantitative estimate of drug-likeness (QED) is 0.330. The topological polar surface area (TPSA) is 117 Å². The number of hydrogen-bond donors (Lipinski definition) is 1. The summed E-state index contributed by atoms with van der Waals surface area (Å²) in [6.07, 6.45) is 1.49. The second-order valence-electron chi connectivity index (χ2n) is 6.17. The van der Waals surface area contributed by atoms with Crippen molar-refractivity contribution in [1.82, 2.24) is 5.32 Å². The van der Waals surface area contributed by atoms with Gasteiger partial charge in [0.05, 0.1) is 4.92 Å². The SMILES string of the molecule is C[C@@H](OC(=O)/C=C/c1cccc([N+](=O)[O-])c1)C(=O)NCc1ccc2c(c1)OCO2. The molecule has 0 radical (unpaired) electrons. The fourth-order valence-electron chi connectivity index (χ4n) is 2.56. The summed E-state index contributed by atoms with van der Waals surface area (Å²) in [7, 11) is 0. The lowest BCUT2D eigenvalue weighted by Crippen LogP contribution is -2.35. The van der Waals surface area contributed by atoms with Crippen molar-refractivity contribution in [2.45, 2.75) is 19.6 Å². The van der Waals surface area contributed by atoms with Crippen LogP contribution in [-0.4, -0.2) is 29.7 Å². The minimum Gasteiger partial charge on any atom is -0.454 e. The lowest BCUT2D eigenvalue weighted by Gasteiger charge is -2.12. The molecule has 0 saturated carbocycles. The van der Waals surface area contributed by atoms with Gasteiger partial charge in [0.25, 0.3) is 11.6 Å². The molecule has 0 bridgehead atoms. The average molecular weight is 398 g/mol. The minimum absolute atomic E-state index is 0.0863. The van der Waals surface area contributed by atoms with Gasteiger partial charge < -0.3 is 19.5 Å². The summed E-state index contributed by atoms with van der Waals surface area (Å²) >= 11 is 0. The molecule has 2 aromatic carbocycles. The number of nitrogens with one attached hydrogen (secondary N) is 1. The number of ether oxygens (including phenoxy) is 3. The van der Waals surface area contributed by atoms with Crippen molar-refractivity contribution in [3.05, 3.63) is 69.8 Å². The van der Waals surface area contributed by atoms with Crippen molar-refractivity contribution in [3.63, 3.8) is 0 Å². The van der Waals surface area contributed by atoms with Gasteiger partial charge in [-0.15, -0.1) is 0 Å². The van der Waals surface area contributed by atoms with Crippen LogP contribution in [0.25, 0.3) is 6.08 Å². The molecule has 3 rings (SSSR count). The van der Waals surface area contributed by atoms with E-state index in [1.807, 2.05) is 0 Å². The highest BCUT2D eigenvalue weighted by Gasteiger charge is 2.17. The number of carbonyl (C=O) groups excluding carboxylic acids is 2. The number of hydrogen-bond acceptors (Lipinski definition) is 7. The first-order chi connectivity index (χ1) is 13.9. The molecule has 9 nitrogen and oxygen atoms in total. The molecule has 0 fully saturated rings. The first-order valence-corrected chi connectivity index (χ1v) is 8.72. The Bertz CT molecular complexity index is 971. The lowest BCUT2D eigenvalue weighted by atomic mass is 10.2. The molecule has 150 valence electrons. The Kier molecular flexibility index (Phi) is 6.08. The fraction of sp³-hybridized carbons (Fsp3) is 0.200. The Hall–Kier alpha value is -3.88. The summed E-state index contributed by atoms with van der Waals surface area (Å²) in [6, 6.07) is 11.1. The highest BCUT2D eigenvalue weighted by atomic mass is 16.7. The summed E-state index contributed by atoms with van der Waals surface area (Å²) in [4.78, 5) is 34.3. The van der Waals surface area contributed by atoms with Crippen LogP contribution in [0.4, 0.5) is 5.69 Å². The molecule has 0 aromatic heterocycles. The molecule has 1 amide bonds. The zero-order chi connectivity index (χ0) is 20.8. The molecule has 1 aliphatic heterocycles. The van der Waals surface area contributed by atoms with Gasteiger partial charge in [-0.05, 0) is 36.3 Å². The maximum atomic E-state index is 12.1. The largest absolute Gasteiger partial charge is 0.454 e. The number of esters is 1. The van der Waals surface area contributed by atoms with Crippen molar-refractivity contribution in [1.29, 1.82) is 0 Å². The normalized spacial score (nSPS) is 13.1. The van der Waals surface area contributed by atoms with E-state index in [0.29, 0.717) is 17.1 Å². The van der Waals surface area contributed by atoms with Gasteiger partial charge in [0, 0.05) is 24.8 Å². The van der Waals surface area contributed by atoms with Crippen molar-refractivity contribution in [2.75, 3.05) is 6.79 Å². The third kappa shape index (κ3) is 5.32. The van der Waals surface area contributed by atoms with E-state index in [-0.39, 0.29) is 19.0 Å². The van der Waals surface area contributed by atoms with E-state index in [0.717, 1.165) is 11.6 Å². The summed E-state index contributed by atoms with van der Waals surface area (Å²) in [5.41, 5.74) is 1.19. The average Bonchev–Trinajstić information content (AvgIpc) is 3.18. The summed E-state index contributed by atoms with van der Waals surface area (Å²) in [6.45, 7) is 1.86. The number of nitro benzene ring substituents is 1. The van der Waals surface area contributed by atoms with E-state index in [1.54, 1.807) is 24.3 Å². The van der Waals surface area contributed by atoms with Crippen molar-refractivity contribution >= 4 is 23.6 Å². The van der Waals surface area contributed by atoms with Gasteiger partial charge in [0.2, 0.25) is 6.79 Å². The van der Waals surface area contributed by atoms with E-state index in [4.69, 9.17) is 14.2 Å². The number of amides is 1. The van der Waals surface area contributed by atoms with E-state index in [1.165, 1.54) is 31.2 Å². The predicted molar refractivity (Wildman–Crippen MR) is 102 cm³/mol. The fourth-order valence-corrected chi connectivity index (χ4v) is 2.56. The van der Waals surface area contributed by atoms with E-state index in [9.17, 15) is 19.7 Å². The zero-order valence-electron chi connectivity index (χ0n) is 15.5. The third-order valence-electron chi connectivity index (χ3n) is 4.06. The number of carbonyl (C=O) groups is 2. The van der Waals surface area contributed by atoms with Gasteiger partial charge in [0.15, 0.2) is 17.6 Å². The van der Waals surface area contributed by atoms with Crippen molar-refractivity contribution in [3.8, 4) is 11.5 Å². The van der Waals surface area contributed by atoms with Crippen molar-refractivity contribution in [2.24, 2.45) is 0 Å². The molecular weight excluding hydrogens is 380 g/mol. The third-order valence-corrected chi connectivity index (χ3v) is 4.06. The maximum absolute atomic E-state index is 12.1. The molecule has 0 spiro atoms. The Morgan fingerprint density at radius 2 is 2.03 bits per heavy atom. The Balaban J connectivity index is 1.49. The molecule has 1 atom stereocenters. The molecule has 0 unspecified atom stereocenters. The van der Waals surface area contributed by atoms with Crippen LogP contribution >= 0.6 is 0 Å². The standard InChI is InChI=1S/C20H18N2O7/c1-13(20(24)21-11-15-5-7-17-18(10-15)28-12-27-17)29-19(23)8-6-14-3-2-4-16(9-14)22(25)26/h2-10,13H,11-12H2,1H3,(H,21,24)/b8-6+/t13-/m1/s1. The van der Waals surface area contributed by atoms with Gasteiger partial charge in [-0.3, -0.25) is 14.9 Å². The molecule has 29 heavy (non-hydrogen) atoms. The first-order valence-electron chi connectivity index (χ1n) is 8.72. The van der Waals surface area contributed by atoms with Gasteiger partial charge in [-0.1, -0.05) is 18.2 Å². The first kappa shape index (κ1) is 19.9. The number of non-ortho nitro benzene ring substituents is 1. The molecule has 1 heterocycles. The monoisotopic (exact) mass is 398 g/mol. The summed E-state index contributed by atoms with van der Waals surface area (Å²) < 4.78 is 15.6. The number of nitrogens with zero attached hydrogens (tertiary/aromatic N) is 1. The summed E-state index contributed by atoms with van der Waals surface area (Å²) in [5.74, 6) is 0.0717. The van der Waals surface area contributed by atoms with Crippen LogP contribution in [0, 0.1) is 10.1 Å². The Labute approximate surface area is 166 Å². The van der Waals surface area contributed by atoms with E-state index >= 15 is 0 Å². The second-order valence-corrected chi connectivity index (χ2v) is 6.17. The Morgan fingerprint density at radius 3 is 2.83 bits per heavy atom. The van der Waals surface area contributed by atoms with Crippen LogP contribution < -0.4 is 14.8 Å². The van der Waals surface area contributed by atoms with Crippen molar-refractivity contribution < 1.29 is 28.7 Å². The summed E-state index contributed by atoms with van der Waals surface area (Å²) in [5, 5.41) is 13.4. The second kappa shape index (κ2) is 8.87. The van der Waals surface area contributed by atoms with E-state index < -0.39 is 22.9 Å². The van der Waals surface area contributed by atoms with Crippen LogP contribution in [-0.2, 0) is 20.9 Å². The van der Waals surface area contributed by atoms with Crippen LogP contribution in [0.1, 0.15) is 18.1 Å². The molecule has 2 aromatic rings. The highest BCUT2D eigenvalue weighted by Crippen LogP contribution is 2.32. The molecule has 1 aliphatic rings. The zero-order valence-corrected chi connectivity index (χ0v) is 15.5. The van der Waals surface area contributed by atoms with Crippen LogP contribution in [0.3, 0.4) is 0 Å². The smallest absolute Gasteiger partial charge is 0.331 e. The van der Waals surface area contributed by atoms with Crippen LogP contribution in [0.15, 0.2) is 48.5 Å². The Morgan fingerprint density at radius 1 is 1.24 bits per heavy atom. The predicted octanol–water partition coefficient (Wildman–Crippen LogP) is 2.58. The van der Waals surface area contributed by atoms with Gasteiger partial charge in [0.1, 0.15) is 0 Å². The number of nitro groups is 1. The minimum atomic E-state index is -1.01. The highest BCUT2D eigenvalue weighted by molar-refractivity contribution is 5.90. The lowest BCUT2D eigenvalue weighted by molar-refractivity contribution is -0.384. The van der Waals surface area contributed by atoms with Crippen LogP contribution in [0.5, 0.6) is 11.5 Å². The van der Waals surface area contributed by atoms with Gasteiger partial charge in [-0.25, -0.2) is 4.79 Å². The van der Waals surface area contributed by atoms with Gasteiger partial charge >= 0.3 is 5.97 Å². The maximum Gasteiger partial charge on any atom is 0.331 e. The number of rotatable bonds is 7. The van der Waals surface area contributed by atoms with Gasteiger partial charge in [-0.2, -0.15) is 0 Å². The molecular formula is C20H18N2O7.